The molecule has 0 saturated heterocycles. The van der Waals surface area contributed by atoms with Crippen molar-refractivity contribution in [2.24, 2.45) is 11.3 Å². The maximum atomic E-state index is 3.74. The molecule has 0 radical (unpaired) electrons. The van der Waals surface area contributed by atoms with E-state index in [2.05, 4.69) is 29.8 Å². The summed E-state index contributed by atoms with van der Waals surface area (Å²) in [6, 6.07) is 5.32. The van der Waals surface area contributed by atoms with Crippen LogP contribution in [0.5, 0.6) is 0 Å². The van der Waals surface area contributed by atoms with Gasteiger partial charge in [-0.1, -0.05) is 13.0 Å². The van der Waals surface area contributed by atoms with Crippen molar-refractivity contribution in [1.82, 2.24) is 5.32 Å². The third kappa shape index (κ3) is 2.49. The fourth-order valence-corrected chi connectivity index (χ4v) is 3.51. The zero-order valence-corrected chi connectivity index (χ0v) is 10.9. The second-order valence-corrected chi connectivity index (χ2v) is 6.87. The van der Waals surface area contributed by atoms with E-state index in [9.17, 15) is 0 Å². The van der Waals surface area contributed by atoms with Crippen LogP contribution >= 0.6 is 11.3 Å². The lowest BCUT2D eigenvalue weighted by atomic mass is 9.81. The first-order valence-electron chi connectivity index (χ1n) is 6.52. The van der Waals surface area contributed by atoms with E-state index in [0.717, 1.165) is 12.0 Å². The molecule has 0 aromatic carbocycles. The first-order valence-corrected chi connectivity index (χ1v) is 7.40. The third-order valence-corrected chi connectivity index (χ3v) is 4.97. The van der Waals surface area contributed by atoms with Gasteiger partial charge in [-0.2, -0.15) is 0 Å². The minimum Gasteiger partial charge on any atom is -0.313 e. The lowest BCUT2D eigenvalue weighted by Crippen LogP contribution is -2.36. The summed E-state index contributed by atoms with van der Waals surface area (Å²) in [6.45, 7) is 3.71. The molecule has 0 bridgehead atoms. The van der Waals surface area contributed by atoms with E-state index in [-0.39, 0.29) is 0 Å². The van der Waals surface area contributed by atoms with E-state index >= 15 is 0 Å². The molecule has 1 nitrogen and oxygen atoms in total. The molecule has 1 atom stereocenters. The minimum atomic E-state index is 0.507. The van der Waals surface area contributed by atoms with Gasteiger partial charge in [0.15, 0.2) is 0 Å². The van der Waals surface area contributed by atoms with Crippen LogP contribution in [0.1, 0.15) is 37.5 Å². The monoisotopic (exact) mass is 235 g/mol. The van der Waals surface area contributed by atoms with Crippen LogP contribution in [0.15, 0.2) is 17.5 Å². The van der Waals surface area contributed by atoms with Crippen molar-refractivity contribution in [2.75, 3.05) is 6.54 Å². The molecular weight excluding hydrogens is 214 g/mol. The standard InChI is InChI=1S/C14H21NS/c1-14(11-4-5-11,10-15-12-6-7-12)9-13-3-2-8-16-13/h2-3,8,11-12,15H,4-7,9-10H2,1H3. The van der Waals surface area contributed by atoms with Gasteiger partial charge in [-0.15, -0.1) is 11.3 Å². The van der Waals surface area contributed by atoms with Gasteiger partial charge in [0, 0.05) is 17.5 Å². The zero-order valence-electron chi connectivity index (χ0n) is 10.0. The normalized spacial score (nSPS) is 24.3. The summed E-state index contributed by atoms with van der Waals surface area (Å²) < 4.78 is 0. The lowest BCUT2D eigenvalue weighted by molar-refractivity contribution is 0.256. The Morgan fingerprint density at radius 1 is 1.38 bits per heavy atom. The highest BCUT2D eigenvalue weighted by Crippen LogP contribution is 2.47. The van der Waals surface area contributed by atoms with Crippen LogP contribution in [0.25, 0.3) is 0 Å². The van der Waals surface area contributed by atoms with Crippen molar-refractivity contribution in [3.05, 3.63) is 22.4 Å². The van der Waals surface area contributed by atoms with Crippen LogP contribution in [-0.4, -0.2) is 12.6 Å². The number of hydrogen-bond acceptors (Lipinski definition) is 2. The molecule has 1 heterocycles. The Morgan fingerprint density at radius 2 is 2.19 bits per heavy atom. The molecule has 2 aliphatic carbocycles. The fraction of sp³-hybridized carbons (Fsp3) is 0.714. The van der Waals surface area contributed by atoms with E-state index in [0.29, 0.717) is 5.41 Å². The molecule has 88 valence electrons. The molecule has 1 N–H and O–H groups in total. The Morgan fingerprint density at radius 3 is 2.75 bits per heavy atom. The molecule has 2 saturated carbocycles. The lowest BCUT2D eigenvalue weighted by Gasteiger charge is -2.30. The molecule has 1 aromatic rings. The highest BCUT2D eigenvalue weighted by Gasteiger charge is 2.42. The summed E-state index contributed by atoms with van der Waals surface area (Å²) in [7, 11) is 0. The van der Waals surface area contributed by atoms with Gasteiger partial charge >= 0.3 is 0 Å². The molecule has 16 heavy (non-hydrogen) atoms. The van der Waals surface area contributed by atoms with E-state index in [1.807, 2.05) is 11.3 Å². The first kappa shape index (κ1) is 10.8. The van der Waals surface area contributed by atoms with Gasteiger partial charge in [0.2, 0.25) is 0 Å². The Kier molecular flexibility index (Phi) is 2.80. The number of hydrogen-bond donors (Lipinski definition) is 1. The fourth-order valence-electron chi connectivity index (χ4n) is 2.61. The van der Waals surface area contributed by atoms with Gasteiger partial charge < -0.3 is 5.32 Å². The van der Waals surface area contributed by atoms with E-state index in [1.165, 1.54) is 38.6 Å². The summed E-state index contributed by atoms with van der Waals surface area (Å²) in [5, 5.41) is 5.94. The summed E-state index contributed by atoms with van der Waals surface area (Å²) in [5.74, 6) is 0.973. The van der Waals surface area contributed by atoms with Crippen molar-refractivity contribution >= 4 is 11.3 Å². The number of thiophene rings is 1. The predicted molar refractivity (Wildman–Crippen MR) is 69.9 cm³/mol. The Bertz CT molecular complexity index is 338. The second kappa shape index (κ2) is 4.15. The largest absolute Gasteiger partial charge is 0.313 e. The molecule has 3 rings (SSSR count). The Balaban J connectivity index is 1.63. The SMILES string of the molecule is CC(CNC1CC1)(Cc1cccs1)C1CC1. The minimum absolute atomic E-state index is 0.507. The Labute approximate surface area is 102 Å². The number of rotatable bonds is 6. The van der Waals surface area contributed by atoms with Crippen LogP contribution in [0.3, 0.4) is 0 Å². The van der Waals surface area contributed by atoms with Gasteiger partial charge in [-0.05, 0) is 54.9 Å². The van der Waals surface area contributed by atoms with Gasteiger partial charge in [0.1, 0.15) is 0 Å². The second-order valence-electron chi connectivity index (χ2n) is 5.84. The highest BCUT2D eigenvalue weighted by molar-refractivity contribution is 7.09. The molecule has 0 spiro atoms. The molecule has 2 heteroatoms. The zero-order chi connectivity index (χ0) is 11.0. The summed E-state index contributed by atoms with van der Waals surface area (Å²) in [5.41, 5.74) is 0.507. The van der Waals surface area contributed by atoms with Gasteiger partial charge in [-0.25, -0.2) is 0 Å². The van der Waals surface area contributed by atoms with Crippen LogP contribution in [0.4, 0.5) is 0 Å². The third-order valence-electron chi connectivity index (χ3n) is 4.09. The molecular formula is C14H21NS. The maximum Gasteiger partial charge on any atom is 0.00684 e. The van der Waals surface area contributed by atoms with Crippen molar-refractivity contribution in [2.45, 2.75) is 45.1 Å². The average molecular weight is 235 g/mol. The summed E-state index contributed by atoms with van der Waals surface area (Å²) >= 11 is 1.92. The molecule has 1 unspecified atom stereocenters. The summed E-state index contributed by atoms with van der Waals surface area (Å²) in [4.78, 5) is 1.56. The molecule has 0 aliphatic heterocycles. The maximum absolute atomic E-state index is 3.74. The van der Waals surface area contributed by atoms with Crippen LogP contribution in [0.2, 0.25) is 0 Å². The molecule has 2 fully saturated rings. The van der Waals surface area contributed by atoms with E-state index in [4.69, 9.17) is 0 Å². The predicted octanol–water partition coefficient (Wildman–Crippen LogP) is 3.46. The van der Waals surface area contributed by atoms with Crippen molar-refractivity contribution in [3.63, 3.8) is 0 Å². The summed E-state index contributed by atoms with van der Waals surface area (Å²) in [6.07, 6.45) is 6.98. The van der Waals surface area contributed by atoms with Crippen LogP contribution in [0, 0.1) is 11.3 Å². The van der Waals surface area contributed by atoms with E-state index < -0.39 is 0 Å². The Hall–Kier alpha value is -0.340. The van der Waals surface area contributed by atoms with Gasteiger partial charge in [-0.3, -0.25) is 0 Å². The smallest absolute Gasteiger partial charge is 0.00684 e. The first-order chi connectivity index (χ1) is 7.76. The number of nitrogens with one attached hydrogen (secondary N) is 1. The van der Waals surface area contributed by atoms with Gasteiger partial charge in [0.05, 0.1) is 0 Å². The van der Waals surface area contributed by atoms with Crippen molar-refractivity contribution in [1.29, 1.82) is 0 Å². The molecule has 0 amide bonds. The van der Waals surface area contributed by atoms with Gasteiger partial charge in [0.25, 0.3) is 0 Å². The highest BCUT2D eigenvalue weighted by atomic mass is 32.1. The van der Waals surface area contributed by atoms with Crippen molar-refractivity contribution < 1.29 is 0 Å². The topological polar surface area (TPSA) is 12.0 Å². The van der Waals surface area contributed by atoms with Crippen LogP contribution in [-0.2, 0) is 6.42 Å². The van der Waals surface area contributed by atoms with Crippen LogP contribution < -0.4 is 5.32 Å². The molecule has 2 aliphatic rings. The molecule has 1 aromatic heterocycles. The van der Waals surface area contributed by atoms with E-state index in [1.54, 1.807) is 4.88 Å². The average Bonchev–Trinajstić information content (AvgIpc) is 3.17. The quantitative estimate of drug-likeness (QED) is 0.796. The van der Waals surface area contributed by atoms with Crippen molar-refractivity contribution in [3.8, 4) is 0 Å².